The number of rotatable bonds is 8. The zero-order chi connectivity index (χ0) is 19.2. The fourth-order valence-electron chi connectivity index (χ4n) is 2.42. The van der Waals surface area contributed by atoms with Crippen LogP contribution in [0.1, 0.15) is 19.4 Å². The minimum Gasteiger partial charge on any atom is -0.484 e. The molecule has 6 nitrogen and oxygen atoms in total. The topological polar surface area (TPSA) is 75.7 Å². The van der Waals surface area contributed by atoms with Crippen LogP contribution in [-0.2, 0) is 14.8 Å². The summed E-state index contributed by atoms with van der Waals surface area (Å²) in [6.45, 7) is 6.82. The fraction of sp³-hybridized carbons (Fsp3) is 0.316. The van der Waals surface area contributed by atoms with Crippen molar-refractivity contribution in [1.82, 2.24) is 4.90 Å². The molecule has 0 aliphatic heterocycles. The van der Waals surface area contributed by atoms with Crippen molar-refractivity contribution in [1.29, 1.82) is 0 Å². The van der Waals surface area contributed by atoms with E-state index in [1.807, 2.05) is 32.9 Å². The molecule has 1 amide bonds. The molecule has 0 heterocycles. The first-order valence-electron chi connectivity index (χ1n) is 8.46. The summed E-state index contributed by atoms with van der Waals surface area (Å²) in [7, 11) is -3.69. The number of hydrogen-bond donors (Lipinski definition) is 1. The number of nitrogens with one attached hydrogen (secondary N) is 1. The van der Waals surface area contributed by atoms with E-state index in [0.29, 0.717) is 24.5 Å². The molecule has 1 N–H and O–H groups in total. The Morgan fingerprint density at radius 3 is 2.23 bits per heavy atom. The molecule has 2 aromatic rings. The molecule has 0 saturated carbocycles. The number of nitrogens with zero attached hydrogens (tertiary/aromatic N) is 1. The second kappa shape index (κ2) is 8.71. The van der Waals surface area contributed by atoms with Crippen LogP contribution in [0.15, 0.2) is 53.4 Å². The van der Waals surface area contributed by atoms with Gasteiger partial charge in [0.05, 0.1) is 10.6 Å². The summed E-state index contributed by atoms with van der Waals surface area (Å²) in [6.07, 6.45) is 0. The van der Waals surface area contributed by atoms with Crippen molar-refractivity contribution in [2.24, 2.45) is 0 Å². The van der Waals surface area contributed by atoms with E-state index in [2.05, 4.69) is 4.72 Å². The quantitative estimate of drug-likeness (QED) is 0.768. The molecular formula is C19H24N2O4S. The lowest BCUT2D eigenvalue weighted by Gasteiger charge is -2.18. The molecule has 0 aliphatic rings. The maximum absolute atomic E-state index is 12.5. The van der Waals surface area contributed by atoms with Gasteiger partial charge < -0.3 is 9.64 Å². The molecule has 0 aromatic heterocycles. The highest BCUT2D eigenvalue weighted by Crippen LogP contribution is 2.21. The number of anilines is 1. The number of sulfonamides is 1. The molecule has 0 bridgehead atoms. The van der Waals surface area contributed by atoms with E-state index in [4.69, 9.17) is 4.74 Å². The van der Waals surface area contributed by atoms with Gasteiger partial charge in [0.1, 0.15) is 5.75 Å². The van der Waals surface area contributed by atoms with Gasteiger partial charge in [-0.2, -0.15) is 0 Å². The third kappa shape index (κ3) is 4.98. The summed E-state index contributed by atoms with van der Waals surface area (Å²) < 4.78 is 33.0. The molecule has 0 unspecified atom stereocenters. The first-order valence-corrected chi connectivity index (χ1v) is 9.94. The van der Waals surface area contributed by atoms with Gasteiger partial charge in [0.25, 0.3) is 15.9 Å². The van der Waals surface area contributed by atoms with E-state index in [1.165, 1.54) is 12.1 Å². The van der Waals surface area contributed by atoms with Gasteiger partial charge in [0.2, 0.25) is 0 Å². The largest absolute Gasteiger partial charge is 0.484 e. The number of carbonyl (C=O) groups excluding carboxylic acids is 1. The molecule has 0 fully saturated rings. The summed E-state index contributed by atoms with van der Waals surface area (Å²) in [5, 5.41) is 0. The lowest BCUT2D eigenvalue weighted by Crippen LogP contribution is -2.34. The number of likely N-dealkylation sites (N-methyl/N-ethyl adjacent to an activating group) is 1. The zero-order valence-electron chi connectivity index (χ0n) is 15.2. The average Bonchev–Trinajstić information content (AvgIpc) is 2.63. The van der Waals surface area contributed by atoms with Crippen LogP contribution in [0.4, 0.5) is 5.69 Å². The Morgan fingerprint density at radius 2 is 1.65 bits per heavy atom. The van der Waals surface area contributed by atoms with Gasteiger partial charge in [-0.25, -0.2) is 8.42 Å². The van der Waals surface area contributed by atoms with E-state index in [0.717, 1.165) is 5.56 Å². The van der Waals surface area contributed by atoms with Crippen molar-refractivity contribution in [3.8, 4) is 5.75 Å². The van der Waals surface area contributed by atoms with Crippen LogP contribution in [-0.4, -0.2) is 38.9 Å². The summed E-state index contributed by atoms with van der Waals surface area (Å²) in [4.78, 5) is 13.7. The molecule has 0 spiro atoms. The van der Waals surface area contributed by atoms with Gasteiger partial charge in [0, 0.05) is 13.1 Å². The highest BCUT2D eigenvalue weighted by molar-refractivity contribution is 7.92. The van der Waals surface area contributed by atoms with Crippen LogP contribution >= 0.6 is 0 Å². The Balaban J connectivity index is 2.04. The van der Waals surface area contributed by atoms with Crippen LogP contribution in [0.2, 0.25) is 0 Å². The second-order valence-electron chi connectivity index (χ2n) is 5.75. The van der Waals surface area contributed by atoms with E-state index in [1.54, 1.807) is 29.2 Å². The van der Waals surface area contributed by atoms with E-state index < -0.39 is 10.0 Å². The van der Waals surface area contributed by atoms with Gasteiger partial charge in [0.15, 0.2) is 6.61 Å². The van der Waals surface area contributed by atoms with Crippen molar-refractivity contribution in [3.63, 3.8) is 0 Å². The van der Waals surface area contributed by atoms with Crippen molar-refractivity contribution in [2.75, 3.05) is 24.4 Å². The van der Waals surface area contributed by atoms with Gasteiger partial charge in [-0.3, -0.25) is 9.52 Å². The maximum Gasteiger partial charge on any atom is 0.261 e. The smallest absolute Gasteiger partial charge is 0.261 e. The Morgan fingerprint density at radius 1 is 1.04 bits per heavy atom. The molecular weight excluding hydrogens is 352 g/mol. The minimum absolute atomic E-state index is 0.0742. The number of amides is 1. The molecule has 0 radical (unpaired) electrons. The molecule has 2 rings (SSSR count). The molecule has 0 saturated heterocycles. The van der Waals surface area contributed by atoms with Crippen molar-refractivity contribution in [3.05, 3.63) is 54.1 Å². The molecule has 2 aromatic carbocycles. The zero-order valence-corrected chi connectivity index (χ0v) is 16.0. The summed E-state index contributed by atoms with van der Waals surface area (Å²) >= 11 is 0. The van der Waals surface area contributed by atoms with Gasteiger partial charge in [-0.05, 0) is 56.7 Å². The van der Waals surface area contributed by atoms with E-state index in [-0.39, 0.29) is 17.4 Å². The third-order valence-electron chi connectivity index (χ3n) is 4.00. The lowest BCUT2D eigenvalue weighted by atomic mass is 10.2. The fourth-order valence-corrected chi connectivity index (χ4v) is 3.55. The van der Waals surface area contributed by atoms with Gasteiger partial charge >= 0.3 is 0 Å². The second-order valence-corrected chi connectivity index (χ2v) is 7.43. The standard InChI is InChI=1S/C19H24N2O4S/c1-4-21(5-2)19(22)14-25-16-10-12-17(13-11-16)26(23,24)20-18-9-7-6-8-15(18)3/h6-13,20H,4-5,14H2,1-3H3. The van der Waals surface area contributed by atoms with E-state index in [9.17, 15) is 13.2 Å². The SMILES string of the molecule is CCN(CC)C(=O)COc1ccc(S(=O)(=O)Nc2ccccc2C)cc1. The Bertz CT molecular complexity index is 844. The lowest BCUT2D eigenvalue weighted by molar-refractivity contribution is -0.132. The number of benzene rings is 2. The highest BCUT2D eigenvalue weighted by atomic mass is 32.2. The first-order chi connectivity index (χ1) is 12.4. The predicted molar refractivity (Wildman–Crippen MR) is 102 cm³/mol. The average molecular weight is 376 g/mol. The number of hydrogen-bond acceptors (Lipinski definition) is 4. The van der Waals surface area contributed by atoms with Crippen LogP contribution < -0.4 is 9.46 Å². The van der Waals surface area contributed by atoms with Gasteiger partial charge in [-0.15, -0.1) is 0 Å². The summed E-state index contributed by atoms with van der Waals surface area (Å²) in [5.74, 6) is 0.341. The first kappa shape index (κ1) is 19.8. The number of carbonyl (C=O) groups is 1. The van der Waals surface area contributed by atoms with E-state index >= 15 is 0 Å². The Kier molecular flexibility index (Phi) is 6.63. The summed E-state index contributed by atoms with van der Waals surface area (Å²) in [6, 6.07) is 13.2. The monoisotopic (exact) mass is 376 g/mol. The van der Waals surface area contributed by atoms with Crippen LogP contribution in [0.5, 0.6) is 5.75 Å². The molecule has 140 valence electrons. The number of ether oxygens (including phenoxy) is 1. The third-order valence-corrected chi connectivity index (χ3v) is 5.38. The normalized spacial score (nSPS) is 11.0. The highest BCUT2D eigenvalue weighted by Gasteiger charge is 2.15. The summed E-state index contributed by atoms with van der Waals surface area (Å²) in [5.41, 5.74) is 1.38. The number of para-hydroxylation sites is 1. The van der Waals surface area contributed by atoms with Gasteiger partial charge in [-0.1, -0.05) is 18.2 Å². The molecule has 0 atom stereocenters. The van der Waals surface area contributed by atoms with Crippen LogP contribution in [0.25, 0.3) is 0 Å². The minimum atomic E-state index is -3.69. The molecule has 26 heavy (non-hydrogen) atoms. The Hall–Kier alpha value is -2.54. The predicted octanol–water partition coefficient (Wildman–Crippen LogP) is 3.04. The van der Waals surface area contributed by atoms with Crippen molar-refractivity contribution >= 4 is 21.6 Å². The van der Waals surface area contributed by atoms with Crippen molar-refractivity contribution < 1.29 is 17.9 Å². The van der Waals surface area contributed by atoms with Crippen molar-refractivity contribution in [2.45, 2.75) is 25.7 Å². The Labute approximate surface area is 154 Å². The number of aryl methyl sites for hydroxylation is 1. The molecule has 0 aliphatic carbocycles. The van der Waals surface area contributed by atoms with Crippen LogP contribution in [0.3, 0.4) is 0 Å². The van der Waals surface area contributed by atoms with Crippen LogP contribution in [0, 0.1) is 6.92 Å². The molecule has 7 heteroatoms. The maximum atomic E-state index is 12.5.